The molecule has 0 saturated heterocycles. The van der Waals surface area contributed by atoms with Crippen molar-refractivity contribution in [2.45, 2.75) is 20.8 Å². The summed E-state index contributed by atoms with van der Waals surface area (Å²) in [4.78, 5) is 0. The number of halogens is 2. The molecule has 0 spiro atoms. The van der Waals surface area contributed by atoms with Crippen molar-refractivity contribution in [3.63, 3.8) is 0 Å². The molecule has 0 radical (unpaired) electrons. The lowest BCUT2D eigenvalue weighted by atomic mass is 10.3. The molecular formula is C4H15AlI2. The molecule has 0 aromatic carbocycles. The van der Waals surface area contributed by atoms with E-state index in [4.69, 9.17) is 0 Å². The SMILES string of the molecule is CC(C)C.I.I.[AlH3]. The van der Waals surface area contributed by atoms with Gasteiger partial charge in [0.1, 0.15) is 0 Å². The molecule has 0 N–H and O–H groups in total. The molecule has 0 bridgehead atoms. The molecule has 48 valence electrons. The summed E-state index contributed by atoms with van der Waals surface area (Å²) < 4.78 is 0. The molecule has 0 aliphatic heterocycles. The van der Waals surface area contributed by atoms with Crippen LogP contribution in [0.3, 0.4) is 0 Å². The van der Waals surface area contributed by atoms with E-state index < -0.39 is 0 Å². The maximum Gasteiger partial charge on any atom is 0.187 e. The minimum absolute atomic E-state index is 0. The van der Waals surface area contributed by atoms with Crippen LogP contribution in [0.2, 0.25) is 0 Å². The van der Waals surface area contributed by atoms with Gasteiger partial charge in [-0.05, 0) is 5.92 Å². The zero-order valence-electron chi connectivity index (χ0n) is 4.39. The molecule has 0 aliphatic carbocycles. The maximum atomic E-state index is 2.17. The van der Waals surface area contributed by atoms with E-state index in [9.17, 15) is 0 Å². The highest BCUT2D eigenvalue weighted by Gasteiger charge is 1.68. The van der Waals surface area contributed by atoms with Gasteiger partial charge in [0.25, 0.3) is 0 Å². The Morgan fingerprint density at radius 3 is 0.857 bits per heavy atom. The highest BCUT2D eigenvalue weighted by atomic mass is 127. The Balaban J connectivity index is -0.0000000150. The van der Waals surface area contributed by atoms with E-state index in [0.717, 1.165) is 5.92 Å². The van der Waals surface area contributed by atoms with Crippen LogP contribution in [0.5, 0.6) is 0 Å². The quantitative estimate of drug-likeness (QED) is 0.464. The monoisotopic (exact) mass is 344 g/mol. The summed E-state index contributed by atoms with van der Waals surface area (Å²) in [5, 5.41) is 0. The van der Waals surface area contributed by atoms with Gasteiger partial charge in [-0.25, -0.2) is 0 Å². The van der Waals surface area contributed by atoms with Crippen LogP contribution < -0.4 is 0 Å². The van der Waals surface area contributed by atoms with Crippen molar-refractivity contribution in [1.29, 1.82) is 0 Å². The van der Waals surface area contributed by atoms with Gasteiger partial charge in [0, 0.05) is 0 Å². The van der Waals surface area contributed by atoms with Crippen LogP contribution in [0.15, 0.2) is 0 Å². The average molecular weight is 344 g/mol. The highest BCUT2D eigenvalue weighted by molar-refractivity contribution is 14.0. The van der Waals surface area contributed by atoms with Crippen molar-refractivity contribution in [2.24, 2.45) is 5.92 Å². The standard InChI is InChI=1S/C4H10.Al.2HI.3H/c1-4(2)3;;;;;;/h4H,1-3H3;;2*1H;;;. The zero-order chi connectivity index (χ0) is 3.58. The average Bonchev–Trinajstić information content (AvgIpc) is 0.811. The second-order valence-electron chi connectivity index (χ2n) is 1.73. The Labute approximate surface area is 91.0 Å². The van der Waals surface area contributed by atoms with Gasteiger partial charge in [-0.15, -0.1) is 48.0 Å². The summed E-state index contributed by atoms with van der Waals surface area (Å²) in [7, 11) is 0. The fraction of sp³-hybridized carbons (Fsp3) is 1.00. The van der Waals surface area contributed by atoms with E-state index in [1.165, 1.54) is 0 Å². The fourth-order valence-corrected chi connectivity index (χ4v) is 0. The van der Waals surface area contributed by atoms with E-state index >= 15 is 0 Å². The van der Waals surface area contributed by atoms with Gasteiger partial charge in [-0.2, -0.15) is 0 Å². The van der Waals surface area contributed by atoms with Gasteiger partial charge in [-0.3, -0.25) is 0 Å². The molecule has 0 heterocycles. The Hall–Kier alpha value is 1.99. The minimum Gasteiger partial charge on any atom is -0.107 e. The van der Waals surface area contributed by atoms with Crippen LogP contribution in [0.1, 0.15) is 20.8 Å². The van der Waals surface area contributed by atoms with Gasteiger partial charge < -0.3 is 0 Å². The van der Waals surface area contributed by atoms with E-state index in [0.29, 0.717) is 0 Å². The Morgan fingerprint density at radius 2 is 0.857 bits per heavy atom. The first kappa shape index (κ1) is 23.0. The Kier molecular flexibility index (Phi) is 51.6. The molecular weight excluding hydrogens is 329 g/mol. The lowest BCUT2D eigenvalue weighted by Crippen LogP contribution is -1.66. The topological polar surface area (TPSA) is 0 Å². The van der Waals surface area contributed by atoms with Gasteiger partial charge >= 0.3 is 0 Å². The molecule has 7 heavy (non-hydrogen) atoms. The third kappa shape index (κ3) is 72.3. The summed E-state index contributed by atoms with van der Waals surface area (Å²) in [6.07, 6.45) is 0. The molecule has 3 heteroatoms. The van der Waals surface area contributed by atoms with E-state index in [2.05, 4.69) is 20.8 Å². The number of hydrogen-bond acceptors (Lipinski definition) is 0. The fourth-order valence-electron chi connectivity index (χ4n) is 0. The Bertz CT molecular complexity index is 14.4. The molecule has 0 atom stereocenters. The normalized spacial score (nSPS) is 5.14. The van der Waals surface area contributed by atoms with Crippen molar-refractivity contribution < 1.29 is 0 Å². The second kappa shape index (κ2) is 15.7. The molecule has 0 aliphatic rings. The van der Waals surface area contributed by atoms with Gasteiger partial charge in [0.05, 0.1) is 0 Å². The van der Waals surface area contributed by atoms with Gasteiger partial charge in [0.15, 0.2) is 17.4 Å². The molecule has 0 nitrogen and oxygen atoms in total. The van der Waals surface area contributed by atoms with Crippen LogP contribution >= 0.6 is 48.0 Å². The largest absolute Gasteiger partial charge is 0.187 e. The summed E-state index contributed by atoms with van der Waals surface area (Å²) >= 11 is 0. The lowest BCUT2D eigenvalue weighted by Gasteiger charge is -1.79. The molecule has 0 unspecified atom stereocenters. The second-order valence-corrected chi connectivity index (χ2v) is 1.73. The number of hydrogen-bond donors (Lipinski definition) is 0. The smallest absolute Gasteiger partial charge is 0.107 e. The van der Waals surface area contributed by atoms with Crippen molar-refractivity contribution in [2.75, 3.05) is 0 Å². The van der Waals surface area contributed by atoms with Crippen molar-refractivity contribution in [3.8, 4) is 0 Å². The van der Waals surface area contributed by atoms with Crippen molar-refractivity contribution in [1.82, 2.24) is 0 Å². The van der Waals surface area contributed by atoms with Gasteiger partial charge in [0.2, 0.25) is 0 Å². The van der Waals surface area contributed by atoms with Crippen LogP contribution in [0.25, 0.3) is 0 Å². The first-order valence-corrected chi connectivity index (χ1v) is 1.73. The molecule has 0 aromatic rings. The molecule has 0 amide bonds. The van der Waals surface area contributed by atoms with Crippen LogP contribution in [0.4, 0.5) is 0 Å². The zero-order valence-corrected chi connectivity index (χ0v) is 9.05. The molecule has 0 rings (SSSR count). The third-order valence-corrected chi connectivity index (χ3v) is 0. The Morgan fingerprint density at radius 1 is 0.857 bits per heavy atom. The van der Waals surface area contributed by atoms with Gasteiger partial charge in [-0.1, -0.05) is 20.8 Å². The highest BCUT2D eigenvalue weighted by Crippen LogP contribution is 1.81. The first-order valence-electron chi connectivity index (χ1n) is 1.73. The summed E-state index contributed by atoms with van der Waals surface area (Å²) in [5.74, 6) is 0.833. The molecule has 0 fully saturated rings. The van der Waals surface area contributed by atoms with E-state index in [1.54, 1.807) is 0 Å². The third-order valence-electron chi connectivity index (χ3n) is 0. The number of rotatable bonds is 0. The molecule has 0 aromatic heterocycles. The van der Waals surface area contributed by atoms with Crippen molar-refractivity contribution >= 4 is 65.3 Å². The van der Waals surface area contributed by atoms with E-state index in [-0.39, 0.29) is 65.3 Å². The summed E-state index contributed by atoms with van der Waals surface area (Å²) in [6, 6.07) is 0. The maximum absolute atomic E-state index is 2.17. The van der Waals surface area contributed by atoms with Crippen LogP contribution in [0, 0.1) is 5.92 Å². The summed E-state index contributed by atoms with van der Waals surface area (Å²) in [5.41, 5.74) is 0. The predicted octanol–water partition coefficient (Wildman–Crippen LogP) is 1.71. The first-order chi connectivity index (χ1) is 1.73. The molecule has 0 saturated carbocycles. The summed E-state index contributed by atoms with van der Waals surface area (Å²) in [6.45, 7) is 6.50. The minimum atomic E-state index is 0. The van der Waals surface area contributed by atoms with E-state index in [1.807, 2.05) is 0 Å². The van der Waals surface area contributed by atoms with Crippen LogP contribution in [-0.2, 0) is 0 Å². The predicted molar refractivity (Wildman–Crippen MR) is 61.3 cm³/mol. The van der Waals surface area contributed by atoms with Crippen molar-refractivity contribution in [3.05, 3.63) is 0 Å². The lowest BCUT2D eigenvalue weighted by molar-refractivity contribution is 0.737. The van der Waals surface area contributed by atoms with Crippen LogP contribution in [-0.4, -0.2) is 17.4 Å².